The van der Waals surface area contributed by atoms with E-state index >= 15 is 0 Å². The Kier molecular flexibility index (Phi) is 8.24. The predicted molar refractivity (Wildman–Crippen MR) is 65.1 cm³/mol. The van der Waals surface area contributed by atoms with Crippen LogP contribution in [0, 0.1) is 0 Å². The molecule has 0 heterocycles. The molecule has 0 rings (SSSR count). The van der Waals surface area contributed by atoms with Crippen LogP contribution in [0.4, 0.5) is 0 Å². The third kappa shape index (κ3) is 7.36. The van der Waals surface area contributed by atoms with E-state index < -0.39 is 0 Å². The molecule has 0 bridgehead atoms. The molecule has 0 atom stereocenters. The first-order valence-electron chi connectivity index (χ1n) is 5.19. The zero-order valence-corrected chi connectivity index (χ0v) is 10.5. The molecule has 0 aromatic heterocycles. The van der Waals surface area contributed by atoms with Gasteiger partial charge in [0.05, 0.1) is 0 Å². The Hall–Kier alpha value is -0.0500. The Morgan fingerprint density at radius 2 is 1.93 bits per heavy atom. The lowest BCUT2D eigenvalue weighted by Crippen LogP contribution is -2.29. The Morgan fingerprint density at radius 3 is 2.36 bits per heavy atom. The fourth-order valence-electron chi connectivity index (χ4n) is 1.32. The largest absolute Gasteiger partial charge is 0.309 e. The average Bonchev–Trinajstić information content (AvgIpc) is 2.15. The van der Waals surface area contributed by atoms with Gasteiger partial charge in [-0.2, -0.15) is 0 Å². The van der Waals surface area contributed by atoms with Crippen LogP contribution in [0.2, 0.25) is 0 Å². The van der Waals surface area contributed by atoms with Crippen LogP contribution >= 0.6 is 11.6 Å². The second-order valence-corrected chi connectivity index (χ2v) is 4.18. The number of nitrogens with zero attached hydrogens (tertiary/aromatic N) is 2. The van der Waals surface area contributed by atoms with Crippen molar-refractivity contribution in [2.75, 3.05) is 46.2 Å². The number of rotatable bonds is 8. The number of halogens is 1. The molecule has 0 saturated carbocycles. The second kappa shape index (κ2) is 8.27. The van der Waals surface area contributed by atoms with Gasteiger partial charge < -0.3 is 4.90 Å². The van der Waals surface area contributed by atoms with Crippen LogP contribution in [0.15, 0.2) is 12.2 Å². The highest BCUT2D eigenvalue weighted by Gasteiger charge is 2.03. The number of alkyl halides is 1. The molecule has 0 fully saturated rings. The molecule has 0 saturated heterocycles. The predicted octanol–water partition coefficient (Wildman–Crippen LogP) is 2.06. The van der Waals surface area contributed by atoms with Gasteiger partial charge in [0.1, 0.15) is 0 Å². The van der Waals surface area contributed by atoms with Gasteiger partial charge in [0.2, 0.25) is 0 Å². The summed E-state index contributed by atoms with van der Waals surface area (Å²) in [5.74, 6) is 0.574. The van der Waals surface area contributed by atoms with Crippen LogP contribution in [0.5, 0.6) is 0 Å². The maximum atomic E-state index is 5.70. The molecule has 0 aliphatic carbocycles. The summed E-state index contributed by atoms with van der Waals surface area (Å²) in [5, 5.41) is 0. The maximum absolute atomic E-state index is 5.70. The monoisotopic (exact) mass is 218 g/mol. The molecule has 0 radical (unpaired) electrons. The lowest BCUT2D eigenvalue weighted by atomic mass is 10.3. The van der Waals surface area contributed by atoms with Gasteiger partial charge in [-0.05, 0) is 45.7 Å². The molecule has 0 aliphatic rings. The van der Waals surface area contributed by atoms with E-state index in [-0.39, 0.29) is 0 Å². The molecule has 2 nitrogen and oxygen atoms in total. The highest BCUT2D eigenvalue weighted by atomic mass is 35.5. The summed E-state index contributed by atoms with van der Waals surface area (Å²) in [6.45, 7) is 10.4. The normalized spacial score (nSPS) is 11.3. The molecule has 0 amide bonds. The fourth-order valence-corrected chi connectivity index (χ4v) is 1.40. The summed E-state index contributed by atoms with van der Waals surface area (Å²) >= 11 is 5.70. The molecule has 14 heavy (non-hydrogen) atoms. The van der Waals surface area contributed by atoms with Crippen molar-refractivity contribution >= 4 is 11.6 Å². The first kappa shape index (κ1) is 13.9. The molecule has 0 N–H and O–H groups in total. The Morgan fingerprint density at radius 1 is 1.29 bits per heavy atom. The van der Waals surface area contributed by atoms with Crippen molar-refractivity contribution in [3.8, 4) is 0 Å². The quantitative estimate of drug-likeness (QED) is 0.455. The van der Waals surface area contributed by atoms with Gasteiger partial charge in [0, 0.05) is 12.4 Å². The van der Waals surface area contributed by atoms with Gasteiger partial charge in [0.25, 0.3) is 0 Å². The van der Waals surface area contributed by atoms with Crippen LogP contribution < -0.4 is 0 Å². The summed E-state index contributed by atoms with van der Waals surface area (Å²) in [7, 11) is 4.21. The van der Waals surface area contributed by atoms with Crippen molar-refractivity contribution < 1.29 is 0 Å². The van der Waals surface area contributed by atoms with Crippen molar-refractivity contribution in [1.29, 1.82) is 0 Å². The van der Waals surface area contributed by atoms with Gasteiger partial charge in [0.15, 0.2) is 0 Å². The lowest BCUT2D eigenvalue weighted by Gasteiger charge is -2.21. The standard InChI is InChI=1S/C11H23ClN2/c1-5-14(10-11(2)9-12)8-6-7-13(3)4/h2,5-10H2,1,3-4H3. The van der Waals surface area contributed by atoms with Gasteiger partial charge >= 0.3 is 0 Å². The minimum absolute atomic E-state index is 0.574. The maximum Gasteiger partial charge on any atom is 0.0443 e. The Bertz CT molecular complexity index is 157. The first-order valence-corrected chi connectivity index (χ1v) is 5.73. The number of likely N-dealkylation sites (N-methyl/N-ethyl adjacent to an activating group) is 1. The van der Waals surface area contributed by atoms with Crippen LogP contribution in [0.3, 0.4) is 0 Å². The van der Waals surface area contributed by atoms with Crippen molar-refractivity contribution in [1.82, 2.24) is 9.80 Å². The van der Waals surface area contributed by atoms with Crippen LogP contribution in [-0.4, -0.2) is 56.0 Å². The van der Waals surface area contributed by atoms with Gasteiger partial charge in [-0.25, -0.2) is 0 Å². The second-order valence-electron chi connectivity index (χ2n) is 3.91. The van der Waals surface area contributed by atoms with Crippen molar-refractivity contribution in [2.45, 2.75) is 13.3 Å². The molecule has 0 unspecified atom stereocenters. The van der Waals surface area contributed by atoms with Crippen molar-refractivity contribution in [2.24, 2.45) is 0 Å². The van der Waals surface area contributed by atoms with E-state index in [0.717, 1.165) is 31.8 Å². The van der Waals surface area contributed by atoms with Gasteiger partial charge in [-0.1, -0.05) is 13.5 Å². The van der Waals surface area contributed by atoms with Gasteiger partial charge in [-0.15, -0.1) is 11.6 Å². The average molecular weight is 219 g/mol. The third-order valence-corrected chi connectivity index (χ3v) is 2.54. The van der Waals surface area contributed by atoms with Gasteiger partial charge in [-0.3, -0.25) is 4.90 Å². The van der Waals surface area contributed by atoms with E-state index in [0.29, 0.717) is 5.88 Å². The minimum atomic E-state index is 0.574. The zero-order chi connectivity index (χ0) is 11.0. The van der Waals surface area contributed by atoms with Crippen LogP contribution in [0.1, 0.15) is 13.3 Å². The summed E-state index contributed by atoms with van der Waals surface area (Å²) < 4.78 is 0. The lowest BCUT2D eigenvalue weighted by molar-refractivity contribution is 0.285. The van der Waals surface area contributed by atoms with E-state index in [1.165, 1.54) is 6.42 Å². The summed E-state index contributed by atoms with van der Waals surface area (Å²) in [6.07, 6.45) is 1.20. The fraction of sp³-hybridized carbons (Fsp3) is 0.818. The summed E-state index contributed by atoms with van der Waals surface area (Å²) in [5.41, 5.74) is 1.11. The number of hydrogen-bond donors (Lipinski definition) is 0. The zero-order valence-electron chi connectivity index (χ0n) is 9.72. The minimum Gasteiger partial charge on any atom is -0.309 e. The molecule has 0 aliphatic heterocycles. The molecule has 3 heteroatoms. The van der Waals surface area contributed by atoms with E-state index in [9.17, 15) is 0 Å². The van der Waals surface area contributed by atoms with E-state index in [1.54, 1.807) is 0 Å². The van der Waals surface area contributed by atoms with Crippen LogP contribution in [0.25, 0.3) is 0 Å². The highest BCUT2D eigenvalue weighted by molar-refractivity contribution is 6.19. The SMILES string of the molecule is C=C(CCl)CN(CC)CCCN(C)C. The first-order chi connectivity index (χ1) is 6.60. The Balaban J connectivity index is 3.63. The topological polar surface area (TPSA) is 6.48 Å². The smallest absolute Gasteiger partial charge is 0.0443 e. The van der Waals surface area contributed by atoms with Crippen molar-refractivity contribution in [3.05, 3.63) is 12.2 Å². The van der Waals surface area contributed by atoms with Crippen molar-refractivity contribution in [3.63, 3.8) is 0 Å². The molecule has 0 aromatic carbocycles. The molecular formula is C11H23ClN2. The number of hydrogen-bond acceptors (Lipinski definition) is 2. The Labute approximate surface area is 93.5 Å². The third-order valence-electron chi connectivity index (χ3n) is 2.16. The molecule has 0 spiro atoms. The summed E-state index contributed by atoms with van der Waals surface area (Å²) in [4.78, 5) is 4.60. The van der Waals surface area contributed by atoms with E-state index in [2.05, 4.69) is 37.4 Å². The molecule has 84 valence electrons. The van der Waals surface area contributed by atoms with E-state index in [4.69, 9.17) is 11.6 Å². The molecule has 0 aromatic rings. The highest BCUT2D eigenvalue weighted by Crippen LogP contribution is 2.00. The molecular weight excluding hydrogens is 196 g/mol. The van der Waals surface area contributed by atoms with Crippen LogP contribution in [-0.2, 0) is 0 Å². The van der Waals surface area contributed by atoms with E-state index in [1.807, 2.05) is 0 Å². The summed E-state index contributed by atoms with van der Waals surface area (Å²) in [6, 6.07) is 0.